The van der Waals surface area contributed by atoms with E-state index in [1.54, 1.807) is 0 Å². The lowest BCUT2D eigenvalue weighted by Gasteiger charge is -2.33. The number of esters is 1. The van der Waals surface area contributed by atoms with Crippen molar-refractivity contribution in [2.45, 2.75) is 19.3 Å². The van der Waals surface area contributed by atoms with Crippen LogP contribution in [0.25, 0.3) is 0 Å². The molecule has 1 saturated carbocycles. The summed E-state index contributed by atoms with van der Waals surface area (Å²) >= 11 is 0. The normalized spacial score (nSPS) is 29.8. The number of rotatable bonds is 2. The number of carbonyl (C=O) groups excluding carboxylic acids is 1. The Morgan fingerprint density at radius 2 is 2.18 bits per heavy atom. The maximum atomic E-state index is 12.0. The van der Waals surface area contributed by atoms with Gasteiger partial charge in [0.05, 0.1) is 13.0 Å². The molecule has 2 unspecified atom stereocenters. The lowest BCUT2D eigenvalue weighted by atomic mass is 9.74. The smallest absolute Gasteiger partial charge is 0.309 e. The second-order valence-corrected chi connectivity index (χ2v) is 2.71. The first-order chi connectivity index (χ1) is 5.16. The van der Waals surface area contributed by atoms with E-state index in [1.165, 1.54) is 7.11 Å². The molecule has 0 aromatic heterocycles. The molecule has 64 valence electrons. The fourth-order valence-corrected chi connectivity index (χ4v) is 1.27. The van der Waals surface area contributed by atoms with Crippen molar-refractivity contribution in [1.29, 1.82) is 0 Å². The summed E-state index contributed by atoms with van der Waals surface area (Å²) in [5.41, 5.74) is 0. The Balaban J connectivity index is 2.43. The number of carbonyl (C=O) groups is 1. The summed E-state index contributed by atoms with van der Waals surface area (Å²) in [5.74, 6) is -1.82. The second-order valence-electron chi connectivity index (χ2n) is 2.71. The van der Waals surface area contributed by atoms with Crippen LogP contribution in [0.1, 0.15) is 12.8 Å². The summed E-state index contributed by atoms with van der Waals surface area (Å²) < 4.78 is 28.4. The van der Waals surface area contributed by atoms with Crippen LogP contribution in [0.3, 0.4) is 0 Å². The molecular weight excluding hydrogens is 154 g/mol. The zero-order valence-corrected chi connectivity index (χ0v) is 6.22. The summed E-state index contributed by atoms with van der Waals surface area (Å²) in [6.07, 6.45) is -1.40. The summed E-state index contributed by atoms with van der Waals surface area (Å²) in [6, 6.07) is 0. The average Bonchev–Trinajstić information content (AvgIpc) is 1.83. The molecule has 0 aromatic rings. The van der Waals surface area contributed by atoms with Crippen molar-refractivity contribution in [2.75, 3.05) is 7.11 Å². The molecule has 0 bridgehead atoms. The van der Waals surface area contributed by atoms with Crippen molar-refractivity contribution >= 4 is 5.97 Å². The minimum atomic E-state index is -2.38. The third kappa shape index (κ3) is 1.49. The van der Waals surface area contributed by atoms with Crippen LogP contribution in [0.5, 0.6) is 0 Å². The number of alkyl halides is 2. The molecular formula is C7H10F2O2. The molecule has 0 heterocycles. The van der Waals surface area contributed by atoms with Crippen molar-refractivity contribution in [3.05, 3.63) is 0 Å². The van der Waals surface area contributed by atoms with Crippen LogP contribution in [-0.2, 0) is 9.53 Å². The summed E-state index contributed by atoms with van der Waals surface area (Å²) in [6.45, 7) is 0. The van der Waals surface area contributed by atoms with Gasteiger partial charge in [-0.25, -0.2) is 8.78 Å². The Hall–Kier alpha value is -0.670. The van der Waals surface area contributed by atoms with E-state index in [0.29, 0.717) is 12.8 Å². The van der Waals surface area contributed by atoms with Gasteiger partial charge in [-0.05, 0) is 12.8 Å². The van der Waals surface area contributed by atoms with E-state index in [1.807, 2.05) is 0 Å². The molecule has 0 amide bonds. The largest absolute Gasteiger partial charge is 0.469 e. The highest BCUT2D eigenvalue weighted by Gasteiger charge is 2.42. The van der Waals surface area contributed by atoms with Crippen molar-refractivity contribution in [2.24, 2.45) is 11.8 Å². The van der Waals surface area contributed by atoms with Gasteiger partial charge in [-0.1, -0.05) is 0 Å². The van der Waals surface area contributed by atoms with E-state index in [-0.39, 0.29) is 0 Å². The maximum absolute atomic E-state index is 12.0. The standard InChI is InChI=1S/C7H10F2O2/c1-11-7(10)5-3-2-4(5)6(8)9/h4-6H,2-3H2,1H3. The molecule has 2 atom stereocenters. The molecule has 11 heavy (non-hydrogen) atoms. The van der Waals surface area contributed by atoms with Gasteiger partial charge in [-0.15, -0.1) is 0 Å². The zero-order valence-electron chi connectivity index (χ0n) is 6.22. The molecule has 0 N–H and O–H groups in total. The molecule has 0 radical (unpaired) electrons. The van der Waals surface area contributed by atoms with E-state index in [4.69, 9.17) is 0 Å². The SMILES string of the molecule is COC(=O)C1CCC1C(F)F. The van der Waals surface area contributed by atoms with Gasteiger partial charge < -0.3 is 4.74 Å². The molecule has 0 aromatic carbocycles. The molecule has 0 saturated heterocycles. The van der Waals surface area contributed by atoms with Crippen LogP contribution in [-0.4, -0.2) is 19.5 Å². The van der Waals surface area contributed by atoms with Crippen LogP contribution in [0, 0.1) is 11.8 Å². The predicted molar refractivity (Wildman–Crippen MR) is 34.2 cm³/mol. The maximum Gasteiger partial charge on any atom is 0.309 e. The van der Waals surface area contributed by atoms with Gasteiger partial charge in [-0.2, -0.15) is 0 Å². The third-order valence-electron chi connectivity index (χ3n) is 2.16. The summed E-state index contributed by atoms with van der Waals surface area (Å²) in [4.78, 5) is 10.8. The van der Waals surface area contributed by atoms with E-state index >= 15 is 0 Å². The Bertz CT molecular complexity index is 159. The Morgan fingerprint density at radius 3 is 2.45 bits per heavy atom. The molecule has 0 spiro atoms. The van der Waals surface area contributed by atoms with E-state index in [2.05, 4.69) is 4.74 Å². The molecule has 4 heteroatoms. The minimum Gasteiger partial charge on any atom is -0.469 e. The fourth-order valence-electron chi connectivity index (χ4n) is 1.27. The summed E-state index contributed by atoms with van der Waals surface area (Å²) in [7, 11) is 1.23. The Morgan fingerprint density at radius 1 is 1.55 bits per heavy atom. The van der Waals surface area contributed by atoms with Gasteiger partial charge >= 0.3 is 5.97 Å². The number of methoxy groups -OCH3 is 1. The highest BCUT2D eigenvalue weighted by Crippen LogP contribution is 2.39. The second kappa shape index (κ2) is 3.15. The number of halogens is 2. The molecule has 1 aliphatic carbocycles. The van der Waals surface area contributed by atoms with Crippen molar-refractivity contribution < 1.29 is 18.3 Å². The van der Waals surface area contributed by atoms with Crippen molar-refractivity contribution in [3.63, 3.8) is 0 Å². The van der Waals surface area contributed by atoms with Gasteiger partial charge in [0.1, 0.15) is 0 Å². The highest BCUT2D eigenvalue weighted by atomic mass is 19.3. The van der Waals surface area contributed by atoms with Gasteiger partial charge in [0.15, 0.2) is 0 Å². The van der Waals surface area contributed by atoms with E-state index < -0.39 is 24.2 Å². The molecule has 1 fully saturated rings. The van der Waals surface area contributed by atoms with E-state index in [0.717, 1.165) is 0 Å². The van der Waals surface area contributed by atoms with Crippen LogP contribution in [0.4, 0.5) is 8.78 Å². The van der Waals surface area contributed by atoms with Gasteiger partial charge in [0.2, 0.25) is 6.43 Å². The fraction of sp³-hybridized carbons (Fsp3) is 0.857. The first-order valence-corrected chi connectivity index (χ1v) is 3.52. The van der Waals surface area contributed by atoms with Gasteiger partial charge in [0, 0.05) is 5.92 Å². The van der Waals surface area contributed by atoms with Crippen LogP contribution in [0.15, 0.2) is 0 Å². The molecule has 1 rings (SSSR count). The lowest BCUT2D eigenvalue weighted by molar-refractivity contribution is -0.156. The number of ether oxygens (including phenoxy) is 1. The Labute approximate surface area is 63.5 Å². The van der Waals surface area contributed by atoms with Gasteiger partial charge in [-0.3, -0.25) is 4.79 Å². The van der Waals surface area contributed by atoms with Crippen LogP contribution in [0.2, 0.25) is 0 Å². The van der Waals surface area contributed by atoms with Crippen LogP contribution >= 0.6 is 0 Å². The monoisotopic (exact) mass is 164 g/mol. The Kier molecular flexibility index (Phi) is 2.42. The number of hydrogen-bond acceptors (Lipinski definition) is 2. The molecule has 0 aliphatic heterocycles. The average molecular weight is 164 g/mol. The first kappa shape index (κ1) is 8.43. The quantitative estimate of drug-likeness (QED) is 0.577. The van der Waals surface area contributed by atoms with Crippen LogP contribution < -0.4 is 0 Å². The highest BCUT2D eigenvalue weighted by molar-refractivity contribution is 5.73. The van der Waals surface area contributed by atoms with Gasteiger partial charge in [0.25, 0.3) is 0 Å². The predicted octanol–water partition coefficient (Wildman–Crippen LogP) is 1.45. The van der Waals surface area contributed by atoms with Crippen molar-refractivity contribution in [1.82, 2.24) is 0 Å². The molecule has 2 nitrogen and oxygen atoms in total. The lowest BCUT2D eigenvalue weighted by Crippen LogP contribution is -2.38. The van der Waals surface area contributed by atoms with Crippen molar-refractivity contribution in [3.8, 4) is 0 Å². The number of hydrogen-bond donors (Lipinski definition) is 0. The topological polar surface area (TPSA) is 26.3 Å². The third-order valence-corrected chi connectivity index (χ3v) is 2.16. The first-order valence-electron chi connectivity index (χ1n) is 3.52. The summed E-state index contributed by atoms with van der Waals surface area (Å²) in [5, 5.41) is 0. The van der Waals surface area contributed by atoms with E-state index in [9.17, 15) is 13.6 Å². The molecule has 1 aliphatic rings. The minimum absolute atomic E-state index is 0.442. The zero-order chi connectivity index (χ0) is 8.43.